The molecule has 0 radical (unpaired) electrons. The predicted octanol–water partition coefficient (Wildman–Crippen LogP) is 15.2. The first kappa shape index (κ1) is 56.5. The maximum Gasteiger partial charge on any atom is 0.226 e. The molecule has 8 fully saturated rings. The minimum atomic E-state index is -0.606. The molecule has 0 heterocycles. The van der Waals surface area contributed by atoms with Crippen molar-refractivity contribution in [3.63, 3.8) is 0 Å². The maximum absolute atomic E-state index is 14.5. The highest BCUT2D eigenvalue weighted by Gasteiger charge is 2.75. The molecule has 10 rings (SSSR count). The van der Waals surface area contributed by atoms with Gasteiger partial charge in [0.15, 0.2) is 5.78 Å². The molecule has 0 aromatic rings. The quantitative estimate of drug-likeness (QED) is 0.191. The Morgan fingerprint density at radius 2 is 1.00 bits per heavy atom. The van der Waals surface area contributed by atoms with Crippen LogP contribution in [0, 0.1) is 125 Å². The molecule has 0 aromatic carbocycles. The Hall–Kier alpha value is -2.23. The third-order valence-electron chi connectivity index (χ3n) is 26.9. The third kappa shape index (κ3) is 7.36. The molecule has 0 aromatic heterocycles. The summed E-state index contributed by atoms with van der Waals surface area (Å²) in [6, 6.07) is 0. The number of allylic oxidation sites excluding steroid dienone is 4. The molecule has 0 bridgehead atoms. The summed E-state index contributed by atoms with van der Waals surface area (Å²) in [5.41, 5.74) is -1.61. The zero-order valence-electron chi connectivity index (χ0n) is 48.0. The predicted molar refractivity (Wildman–Crippen MR) is 294 cm³/mol. The molecular weight excluding hydrogens is 964 g/mol. The van der Waals surface area contributed by atoms with E-state index in [2.05, 4.69) is 92.8 Å². The van der Waals surface area contributed by atoms with E-state index >= 15 is 0 Å². The van der Waals surface area contributed by atoms with Gasteiger partial charge in [0, 0.05) is 58.1 Å². The molecule has 0 spiro atoms. The van der Waals surface area contributed by atoms with Gasteiger partial charge in [0.05, 0.1) is 25.4 Å². The van der Waals surface area contributed by atoms with Crippen LogP contribution in [0.3, 0.4) is 0 Å². The van der Waals surface area contributed by atoms with E-state index in [0.29, 0.717) is 36.5 Å². The lowest BCUT2D eigenvalue weighted by atomic mass is 9.31. The zero-order chi connectivity index (χ0) is 54.8. The number of carbonyl (C=O) groups is 3. The van der Waals surface area contributed by atoms with E-state index in [-0.39, 0.29) is 130 Å². The number of ketones is 3. The Bertz CT molecular complexity index is 2510. The van der Waals surface area contributed by atoms with Crippen molar-refractivity contribution in [2.24, 2.45) is 112 Å². The van der Waals surface area contributed by atoms with Crippen molar-refractivity contribution >= 4 is 40.6 Å². The zero-order valence-corrected chi connectivity index (χ0v) is 49.5. The summed E-state index contributed by atoms with van der Waals surface area (Å²) < 4.78 is 0. The second-order valence-corrected chi connectivity index (χ2v) is 32.0. The Morgan fingerprint density at radius 3 is 1.45 bits per heavy atom. The number of fused-ring (bicyclic) bond motifs is 14. The molecule has 0 aliphatic heterocycles. The van der Waals surface area contributed by atoms with E-state index in [4.69, 9.17) is 36.3 Å². The minimum Gasteiger partial charge on any atom is -0.523 e. The summed E-state index contributed by atoms with van der Waals surface area (Å²) in [5.74, 6) is 2.20. The second kappa shape index (κ2) is 17.6. The fourth-order valence-corrected chi connectivity index (χ4v) is 23.0. The van der Waals surface area contributed by atoms with Crippen molar-refractivity contribution in [2.45, 2.75) is 218 Å². The number of halogens is 2. The minimum absolute atomic E-state index is 0.0350. The van der Waals surface area contributed by atoms with Crippen LogP contribution in [0.5, 0.6) is 0 Å². The molecule has 0 saturated heterocycles. The van der Waals surface area contributed by atoms with Crippen molar-refractivity contribution < 1.29 is 29.7 Å². The average molecular weight is 1060 g/mol. The van der Waals surface area contributed by atoms with Crippen LogP contribution >= 0.6 is 23.2 Å². The van der Waals surface area contributed by atoms with E-state index in [1.165, 1.54) is 0 Å². The summed E-state index contributed by atoms with van der Waals surface area (Å²) in [6.07, 6.45) is 16.1. The first-order chi connectivity index (χ1) is 34.1. The lowest BCUT2D eigenvalue weighted by Crippen LogP contribution is -2.69. The van der Waals surface area contributed by atoms with E-state index in [9.17, 15) is 29.7 Å². The van der Waals surface area contributed by atoms with Crippen LogP contribution in [0.2, 0.25) is 0 Å². The van der Waals surface area contributed by atoms with Crippen molar-refractivity contribution in [3.8, 4) is 0 Å². The van der Waals surface area contributed by atoms with Crippen molar-refractivity contribution in [3.05, 3.63) is 46.1 Å². The van der Waals surface area contributed by atoms with Gasteiger partial charge >= 0.3 is 0 Å². The highest BCUT2D eigenvalue weighted by atomic mass is 35.5. The van der Waals surface area contributed by atoms with Crippen molar-refractivity contribution in [1.82, 2.24) is 0 Å². The lowest BCUT2D eigenvalue weighted by molar-refractivity contribution is -0.240. The van der Waals surface area contributed by atoms with Crippen LogP contribution in [0.15, 0.2) is 23.2 Å². The van der Waals surface area contributed by atoms with Crippen LogP contribution < -0.4 is 0 Å². The molecule has 10 heteroatoms. The number of nitrogens with zero attached hydrogens (tertiary/aromatic N) is 2. The van der Waals surface area contributed by atoms with Crippen LogP contribution in [-0.2, 0) is 14.4 Å². The molecule has 410 valence electrons. The van der Waals surface area contributed by atoms with Crippen LogP contribution in [-0.4, -0.2) is 56.6 Å². The Kier molecular flexibility index (Phi) is 13.5. The Morgan fingerprint density at radius 1 is 0.568 bits per heavy atom. The van der Waals surface area contributed by atoms with E-state index in [0.717, 1.165) is 89.9 Å². The highest BCUT2D eigenvalue weighted by Crippen LogP contribution is 2.79. The summed E-state index contributed by atoms with van der Waals surface area (Å²) in [5, 5.41) is 33.7. The molecule has 2 unspecified atom stereocenters. The third-order valence-corrected chi connectivity index (χ3v) is 27.5. The second-order valence-electron chi connectivity index (χ2n) is 31.4. The maximum atomic E-state index is 14.5. The Labute approximate surface area is 456 Å². The van der Waals surface area contributed by atoms with Gasteiger partial charge < -0.3 is 20.1 Å². The van der Waals surface area contributed by atoms with Gasteiger partial charge in [-0.05, 0) is 175 Å². The van der Waals surface area contributed by atoms with E-state index in [1.54, 1.807) is 0 Å². The summed E-state index contributed by atoms with van der Waals surface area (Å²) >= 11 is 12.7. The van der Waals surface area contributed by atoms with Crippen molar-refractivity contribution in [2.75, 3.05) is 11.8 Å². The monoisotopic (exact) mass is 1060 g/mol. The van der Waals surface area contributed by atoms with Gasteiger partial charge in [-0.25, -0.2) is 9.69 Å². The van der Waals surface area contributed by atoms with Crippen LogP contribution in [0.1, 0.15) is 206 Å². The smallest absolute Gasteiger partial charge is 0.226 e. The number of alkyl halides is 2. The van der Waals surface area contributed by atoms with Gasteiger partial charge in [0.25, 0.3) is 0 Å². The number of aliphatic hydroxyl groups is 3. The standard InChI is InChI=1S/C32H48ClNO3.C32H46ClNO3/c2*1-27(2)11-13-32(24(36)18-33)14-12-31(7)25(19(32)16-27)21(35)15-23-29(5)17-20(34-8)26(37)28(3,4)22(29)9-10-30(23,31)6/h19,22-25,36-37H,9-18H2,1-7H3;17,19,22-25,36H,9-16,18H2,1-7H3/t2*19-,22-,23+,24?,25-,29-,30+,31+,32-/m00/s1. The van der Waals surface area contributed by atoms with Gasteiger partial charge in [-0.3, -0.25) is 9.59 Å². The molecule has 8 nitrogen and oxygen atoms in total. The highest BCUT2D eigenvalue weighted by molar-refractivity contribution is 6.18. The lowest BCUT2D eigenvalue weighted by Gasteiger charge is -2.73. The number of aliphatic hydroxyl groups excluding tert-OH is 3. The first-order valence-electron chi connectivity index (χ1n) is 29.1. The Balaban J connectivity index is 0.000000182. The normalized spacial score (nSPS) is 49.0. The van der Waals surface area contributed by atoms with E-state index < -0.39 is 23.0 Å². The number of hydrogen-bond donors (Lipinski definition) is 3. The molecule has 18 atom stereocenters. The first-order valence-corrected chi connectivity index (χ1v) is 30.1. The fourth-order valence-electron chi connectivity index (χ4n) is 22.4. The number of Topliss-reactive ketones (excluding diaryl/α,β-unsaturated/α-hetero) is 3. The molecule has 8 saturated carbocycles. The van der Waals surface area contributed by atoms with Gasteiger partial charge in [-0.15, -0.1) is 23.2 Å². The molecule has 10 aliphatic rings. The average Bonchev–Trinajstić information content (AvgIpc) is 3.32. The molecule has 74 heavy (non-hydrogen) atoms. The van der Waals surface area contributed by atoms with E-state index in [1.807, 2.05) is 19.9 Å². The molecule has 0 amide bonds. The van der Waals surface area contributed by atoms with Gasteiger partial charge in [-0.1, -0.05) is 103 Å². The van der Waals surface area contributed by atoms with Gasteiger partial charge in [0.2, 0.25) is 11.4 Å². The summed E-state index contributed by atoms with van der Waals surface area (Å²) in [6.45, 7) is 47.3. The molecule has 3 N–H and O–H groups in total. The van der Waals surface area contributed by atoms with Gasteiger partial charge in [-0.2, -0.15) is 0 Å². The fraction of sp³-hybridized carbons (Fsp3) is 0.859. The summed E-state index contributed by atoms with van der Waals surface area (Å²) in [4.78, 5) is 49.7. The van der Waals surface area contributed by atoms with Gasteiger partial charge in [0.1, 0.15) is 17.3 Å². The number of hydrogen-bond acceptors (Lipinski definition) is 6. The van der Waals surface area contributed by atoms with Crippen molar-refractivity contribution in [1.29, 1.82) is 0 Å². The van der Waals surface area contributed by atoms with Crippen LogP contribution in [0.4, 0.5) is 0 Å². The summed E-state index contributed by atoms with van der Waals surface area (Å²) in [7, 11) is 0. The topological polar surface area (TPSA) is 121 Å². The number of rotatable bonds is 4. The molecule has 10 aliphatic carbocycles. The molecular formula is C64H94Cl2N2O6. The van der Waals surface area contributed by atoms with Crippen LogP contribution in [0.25, 0.3) is 9.69 Å². The number of carbonyl (C=O) groups excluding carboxylic acids is 3. The largest absolute Gasteiger partial charge is 0.523 e. The SMILES string of the molecule is [C-]#[N+]C1=C(O)C(C)(C)[C@@H]2CC[C@]3(C)[C@H](CC(=O)[C@@H]4[C@@H]5CC(C)(C)CC[C@]5(C(O)CCl)CC[C@]43C)[C@@]2(C)C1.[C-]#[N+]C1=C[C@]2(C)[C@H]3CC(=O)[C@@H]4[C@@H]5CC(C)(C)CC[C@]5(C(O)CCl)CC[C@@]4(C)[C@]3(C)CC[C@H]2C(C)(C)C1=O.